The molecule has 4 heterocycles. The molecule has 0 radical (unpaired) electrons. The SMILES string of the molecule is C.C.CCCNc1nc(Nc2ccc3cnccc3c2)ncc1C(=O)NCCCNC(=O)OC(C)(C)C.CCCNc1nc(Nc2ccc3cnccc3c2)ncc1C(=O)O. The minimum Gasteiger partial charge on any atom is -0.477 e. The fourth-order valence-corrected chi connectivity index (χ4v) is 5.43. The van der Waals surface area contributed by atoms with Gasteiger partial charge in [0, 0.05) is 85.5 Å². The first-order valence-electron chi connectivity index (χ1n) is 19.3. The van der Waals surface area contributed by atoms with Gasteiger partial charge in [0.1, 0.15) is 28.4 Å². The predicted molar refractivity (Wildman–Crippen MR) is 243 cm³/mol. The first-order chi connectivity index (χ1) is 28.4. The summed E-state index contributed by atoms with van der Waals surface area (Å²) >= 11 is 0. The molecule has 0 bridgehead atoms. The summed E-state index contributed by atoms with van der Waals surface area (Å²) in [6.45, 7) is 11.5. The summed E-state index contributed by atoms with van der Waals surface area (Å²) in [5.41, 5.74) is 1.51. The van der Waals surface area contributed by atoms with E-state index in [0.29, 0.717) is 61.7 Å². The minimum atomic E-state index is -1.06. The van der Waals surface area contributed by atoms with Crippen LogP contribution in [0, 0.1) is 0 Å². The number of aromatic nitrogens is 6. The van der Waals surface area contributed by atoms with Crippen LogP contribution in [0.2, 0.25) is 0 Å². The van der Waals surface area contributed by atoms with Crippen molar-refractivity contribution in [3.63, 3.8) is 0 Å². The number of amides is 2. The molecule has 0 saturated carbocycles. The number of carbonyl (C=O) groups is 3. The Morgan fingerprint density at radius 2 is 1.13 bits per heavy atom. The van der Waals surface area contributed by atoms with Crippen LogP contribution in [-0.4, -0.2) is 84.8 Å². The van der Waals surface area contributed by atoms with Gasteiger partial charge in [0.25, 0.3) is 5.91 Å². The first kappa shape index (κ1) is 48.2. The van der Waals surface area contributed by atoms with Crippen LogP contribution < -0.4 is 31.9 Å². The Kier molecular flexibility index (Phi) is 18.5. The van der Waals surface area contributed by atoms with Crippen LogP contribution in [0.1, 0.15) is 89.5 Å². The molecule has 17 nitrogen and oxygen atoms in total. The largest absolute Gasteiger partial charge is 0.477 e. The quantitative estimate of drug-likeness (QED) is 0.0452. The molecule has 4 aromatic heterocycles. The van der Waals surface area contributed by atoms with Gasteiger partial charge < -0.3 is 41.7 Å². The molecule has 0 saturated heterocycles. The number of aromatic carboxylic acids is 1. The van der Waals surface area contributed by atoms with Gasteiger partial charge in [0.2, 0.25) is 11.9 Å². The summed E-state index contributed by atoms with van der Waals surface area (Å²) in [5.74, 6) is 0.150. The Morgan fingerprint density at radius 3 is 1.62 bits per heavy atom. The van der Waals surface area contributed by atoms with Crippen LogP contribution in [0.25, 0.3) is 21.5 Å². The zero-order chi connectivity index (χ0) is 42.2. The number of carboxylic acids is 1. The number of nitrogens with one attached hydrogen (secondary N) is 6. The smallest absolute Gasteiger partial charge is 0.407 e. The van der Waals surface area contributed by atoms with E-state index in [1.807, 2.05) is 68.6 Å². The highest BCUT2D eigenvalue weighted by atomic mass is 16.6. The van der Waals surface area contributed by atoms with E-state index in [0.717, 1.165) is 45.8 Å². The summed E-state index contributed by atoms with van der Waals surface area (Å²) in [6, 6.07) is 15.6. The number of nitrogens with zero attached hydrogens (tertiary/aromatic N) is 6. The van der Waals surface area contributed by atoms with E-state index in [4.69, 9.17) is 4.74 Å². The second-order valence-corrected chi connectivity index (χ2v) is 14.2. The molecule has 0 unspecified atom stereocenters. The van der Waals surface area contributed by atoms with Crippen molar-refractivity contribution in [2.45, 2.75) is 74.3 Å². The number of ether oxygens (including phenoxy) is 1. The predicted octanol–water partition coefficient (Wildman–Crippen LogP) is 8.80. The van der Waals surface area contributed by atoms with Gasteiger partial charge in [-0.25, -0.2) is 19.6 Å². The molecule has 0 aliphatic heterocycles. The molecular formula is C44H58N12O5. The number of pyridine rings is 2. The van der Waals surface area contributed by atoms with E-state index in [9.17, 15) is 19.5 Å². The monoisotopic (exact) mass is 834 g/mol. The maximum Gasteiger partial charge on any atom is 0.407 e. The third-order valence-electron chi connectivity index (χ3n) is 8.24. The average molecular weight is 835 g/mol. The standard InChI is InChI=1S/C25H33N7O3.C17H17N5O2.2CH4/c1-5-10-27-21-20(22(33)28-11-6-12-29-24(34)35-25(2,3)4)16-30-23(32-21)31-19-8-7-18-15-26-13-9-17(18)14-19;1-2-6-19-15-14(16(23)24)10-20-17(22-15)21-13-4-3-12-9-18-7-5-11(12)8-13;;/h7-9,13-16H,5-6,10-12H2,1-4H3,(H,28,33)(H,29,34)(H2,27,30,31,32);3-5,7-10H,2,6H2,1H3,(H,23,24)(H2,19,20,21,22);2*1H4. The topological polar surface area (TPSA) is 230 Å². The second kappa shape index (κ2) is 23.4. The van der Waals surface area contributed by atoms with Gasteiger partial charge in [-0.2, -0.15) is 9.97 Å². The van der Waals surface area contributed by atoms with Crippen molar-refractivity contribution in [2.75, 3.05) is 47.4 Å². The lowest BCUT2D eigenvalue weighted by molar-refractivity contribution is 0.0526. The zero-order valence-electron chi connectivity index (χ0n) is 33.8. The van der Waals surface area contributed by atoms with Gasteiger partial charge in [-0.3, -0.25) is 14.8 Å². The molecule has 324 valence electrons. The van der Waals surface area contributed by atoms with Crippen molar-refractivity contribution < 1.29 is 24.2 Å². The summed E-state index contributed by atoms with van der Waals surface area (Å²) in [4.78, 5) is 61.2. The van der Waals surface area contributed by atoms with Crippen molar-refractivity contribution in [2.24, 2.45) is 0 Å². The van der Waals surface area contributed by atoms with Crippen molar-refractivity contribution in [3.05, 3.63) is 96.8 Å². The van der Waals surface area contributed by atoms with E-state index < -0.39 is 17.7 Å². The molecule has 17 heteroatoms. The van der Waals surface area contributed by atoms with Crippen LogP contribution in [0.15, 0.2) is 85.7 Å². The van der Waals surface area contributed by atoms with Gasteiger partial charge in [-0.05, 0) is 87.2 Å². The molecule has 61 heavy (non-hydrogen) atoms. The maximum atomic E-state index is 12.8. The number of fused-ring (bicyclic) bond motifs is 2. The molecule has 2 aromatic carbocycles. The van der Waals surface area contributed by atoms with Gasteiger partial charge in [-0.1, -0.05) is 40.8 Å². The number of hydrogen-bond donors (Lipinski definition) is 7. The maximum absolute atomic E-state index is 12.8. The molecule has 0 spiro atoms. The highest BCUT2D eigenvalue weighted by Gasteiger charge is 2.17. The lowest BCUT2D eigenvalue weighted by atomic mass is 10.1. The number of hydrogen-bond acceptors (Lipinski definition) is 14. The Hall–Kier alpha value is -7.17. The normalized spacial score (nSPS) is 10.5. The first-order valence-corrected chi connectivity index (χ1v) is 19.3. The minimum absolute atomic E-state index is 0. The van der Waals surface area contributed by atoms with E-state index in [-0.39, 0.29) is 26.3 Å². The number of benzene rings is 2. The Bertz CT molecular complexity index is 2370. The number of anilines is 6. The van der Waals surface area contributed by atoms with E-state index in [1.54, 1.807) is 39.4 Å². The van der Waals surface area contributed by atoms with Crippen molar-refractivity contribution in [1.29, 1.82) is 0 Å². The number of carboxylic acid groups (broad SMARTS) is 1. The van der Waals surface area contributed by atoms with Crippen LogP contribution in [-0.2, 0) is 4.74 Å². The Morgan fingerprint density at radius 1 is 0.639 bits per heavy atom. The van der Waals surface area contributed by atoms with Crippen molar-refractivity contribution in [3.8, 4) is 0 Å². The average Bonchev–Trinajstić information content (AvgIpc) is 3.21. The van der Waals surface area contributed by atoms with Crippen LogP contribution >= 0.6 is 0 Å². The van der Waals surface area contributed by atoms with Crippen molar-refractivity contribution >= 4 is 74.4 Å². The lowest BCUT2D eigenvalue weighted by Crippen LogP contribution is -2.34. The van der Waals surface area contributed by atoms with Crippen molar-refractivity contribution in [1.82, 2.24) is 40.5 Å². The van der Waals surface area contributed by atoms with Gasteiger partial charge in [-0.15, -0.1) is 0 Å². The molecular weight excluding hydrogens is 777 g/mol. The highest BCUT2D eigenvalue weighted by Crippen LogP contribution is 2.24. The number of alkyl carbamates (subject to hydrolysis) is 1. The highest BCUT2D eigenvalue weighted by molar-refractivity contribution is 5.98. The van der Waals surface area contributed by atoms with Crippen LogP contribution in [0.5, 0.6) is 0 Å². The Labute approximate surface area is 357 Å². The summed E-state index contributed by atoms with van der Waals surface area (Å²) in [5, 5.41) is 31.4. The van der Waals surface area contributed by atoms with E-state index in [2.05, 4.69) is 61.8 Å². The summed E-state index contributed by atoms with van der Waals surface area (Å²) < 4.78 is 5.19. The van der Waals surface area contributed by atoms with Gasteiger partial charge >= 0.3 is 12.1 Å². The Balaban J connectivity index is 0.000000335. The molecule has 2 amide bonds. The van der Waals surface area contributed by atoms with Crippen LogP contribution in [0.3, 0.4) is 0 Å². The fourth-order valence-electron chi connectivity index (χ4n) is 5.43. The summed E-state index contributed by atoms with van der Waals surface area (Å²) in [6.07, 6.45) is 11.7. The number of carbonyl (C=O) groups excluding carboxylic acids is 2. The number of rotatable bonds is 16. The summed E-state index contributed by atoms with van der Waals surface area (Å²) in [7, 11) is 0. The molecule has 0 aliphatic rings. The third-order valence-corrected chi connectivity index (χ3v) is 8.24. The fraction of sp³-hybridized carbons (Fsp3) is 0.341. The van der Waals surface area contributed by atoms with Crippen LogP contribution in [0.4, 0.5) is 39.7 Å². The van der Waals surface area contributed by atoms with E-state index >= 15 is 0 Å². The molecule has 6 rings (SSSR count). The molecule has 0 fully saturated rings. The molecule has 7 N–H and O–H groups in total. The zero-order valence-corrected chi connectivity index (χ0v) is 33.8. The second-order valence-electron chi connectivity index (χ2n) is 14.2. The third kappa shape index (κ3) is 14.9. The lowest BCUT2D eigenvalue weighted by Gasteiger charge is -2.19. The molecule has 0 aliphatic carbocycles. The van der Waals surface area contributed by atoms with Gasteiger partial charge in [0.05, 0.1) is 0 Å². The molecule has 6 aromatic rings. The van der Waals surface area contributed by atoms with E-state index in [1.165, 1.54) is 12.4 Å². The molecule has 0 atom stereocenters. The van der Waals surface area contributed by atoms with Gasteiger partial charge in [0.15, 0.2) is 0 Å².